The first-order chi connectivity index (χ1) is 5.54. The highest BCUT2D eigenvalue weighted by Crippen LogP contribution is 2.43. The number of carbonyl (C=O) groups is 1. The molecule has 0 spiro atoms. The summed E-state index contributed by atoms with van der Waals surface area (Å²) in [5, 5.41) is 2.50. The summed E-state index contributed by atoms with van der Waals surface area (Å²) >= 11 is 5.01. The van der Waals surface area contributed by atoms with Gasteiger partial charge in [0, 0.05) is 6.92 Å². The van der Waals surface area contributed by atoms with Crippen molar-refractivity contribution in [3.8, 4) is 0 Å². The maximum Gasteiger partial charge on any atom is 0.289 e. The summed E-state index contributed by atoms with van der Waals surface area (Å²) in [4.78, 5) is 10.7. The first-order valence-corrected chi connectivity index (χ1v) is 6.36. The quantitative estimate of drug-likeness (QED) is 0.699. The van der Waals surface area contributed by atoms with E-state index in [1.165, 1.54) is 6.92 Å². The third-order valence-electron chi connectivity index (χ3n) is 0.892. The topological polar surface area (TPSA) is 47.6 Å². The van der Waals surface area contributed by atoms with E-state index >= 15 is 0 Å². The van der Waals surface area contributed by atoms with Gasteiger partial charge in [0.05, 0.1) is 13.2 Å². The minimum absolute atomic E-state index is 0.222. The van der Waals surface area contributed by atoms with E-state index in [1.54, 1.807) is 0 Å². The molecule has 1 N–H and O–H groups in total. The van der Waals surface area contributed by atoms with Crippen LogP contribution in [0.2, 0.25) is 0 Å². The van der Waals surface area contributed by atoms with Crippen molar-refractivity contribution in [2.24, 2.45) is 0 Å². The van der Waals surface area contributed by atoms with Crippen molar-refractivity contribution in [2.45, 2.75) is 20.8 Å². The van der Waals surface area contributed by atoms with Crippen LogP contribution >= 0.6 is 6.64 Å². The molecule has 72 valence electrons. The van der Waals surface area contributed by atoms with Gasteiger partial charge in [-0.2, -0.15) is 0 Å². The van der Waals surface area contributed by atoms with Crippen LogP contribution < -0.4 is 5.09 Å². The Bertz CT molecular complexity index is 187. The Kier molecular flexibility index (Phi) is 5.66. The normalized spacial score (nSPS) is 11.2. The van der Waals surface area contributed by atoms with Gasteiger partial charge < -0.3 is 9.05 Å². The maximum atomic E-state index is 10.7. The van der Waals surface area contributed by atoms with E-state index in [9.17, 15) is 4.79 Å². The average molecular weight is 211 g/mol. The Hall–Kier alpha value is 0.0400. The molecule has 12 heavy (non-hydrogen) atoms. The van der Waals surface area contributed by atoms with Crippen molar-refractivity contribution in [2.75, 3.05) is 13.2 Å². The lowest BCUT2D eigenvalue weighted by molar-refractivity contribution is -0.117. The van der Waals surface area contributed by atoms with Crippen LogP contribution in [0.5, 0.6) is 0 Å². The van der Waals surface area contributed by atoms with Gasteiger partial charge in [0.2, 0.25) is 5.91 Å². The fraction of sp³-hybridized carbons (Fsp3) is 0.833. The van der Waals surface area contributed by atoms with E-state index < -0.39 is 6.64 Å². The first-order valence-electron chi connectivity index (χ1n) is 3.72. The molecule has 0 saturated heterocycles. The number of amides is 1. The minimum atomic E-state index is -2.54. The van der Waals surface area contributed by atoms with Crippen molar-refractivity contribution in [3.63, 3.8) is 0 Å². The maximum absolute atomic E-state index is 10.7. The first kappa shape index (κ1) is 12.0. The summed E-state index contributed by atoms with van der Waals surface area (Å²) in [6.45, 7) is 3.35. The average Bonchev–Trinajstić information content (AvgIpc) is 1.85. The molecule has 0 aliphatic carbocycles. The highest BCUT2D eigenvalue weighted by Gasteiger charge is 2.18. The fourth-order valence-corrected chi connectivity index (χ4v) is 2.92. The zero-order valence-corrected chi connectivity index (χ0v) is 9.21. The molecular weight excluding hydrogens is 197 g/mol. The van der Waals surface area contributed by atoms with Gasteiger partial charge in [0.25, 0.3) is 6.64 Å². The predicted octanol–water partition coefficient (Wildman–Crippen LogP) is 1.42. The van der Waals surface area contributed by atoms with Crippen molar-refractivity contribution in [1.82, 2.24) is 5.09 Å². The lowest BCUT2D eigenvalue weighted by Gasteiger charge is -2.20. The van der Waals surface area contributed by atoms with E-state index in [4.69, 9.17) is 20.9 Å². The van der Waals surface area contributed by atoms with E-state index in [0.29, 0.717) is 13.2 Å². The minimum Gasteiger partial charge on any atom is -0.314 e. The summed E-state index contributed by atoms with van der Waals surface area (Å²) in [6, 6.07) is 0. The SMILES string of the molecule is CCOP(=S)(NC(C)=O)OCC. The van der Waals surface area contributed by atoms with Crippen LogP contribution in [0.4, 0.5) is 0 Å². The Morgan fingerprint density at radius 3 is 2.08 bits per heavy atom. The number of hydrogen-bond donors (Lipinski definition) is 1. The predicted molar refractivity (Wildman–Crippen MR) is 51.4 cm³/mol. The molecule has 0 saturated carbocycles. The lowest BCUT2D eigenvalue weighted by atomic mass is 10.8. The molecule has 0 heterocycles. The third-order valence-corrected chi connectivity index (χ3v) is 3.58. The van der Waals surface area contributed by atoms with E-state index in [0.717, 1.165) is 0 Å². The lowest BCUT2D eigenvalue weighted by Crippen LogP contribution is -2.19. The van der Waals surface area contributed by atoms with Crippen LogP contribution in [0, 0.1) is 0 Å². The molecule has 0 bridgehead atoms. The largest absolute Gasteiger partial charge is 0.314 e. The Balaban J connectivity index is 4.18. The summed E-state index contributed by atoms with van der Waals surface area (Å²) in [5.74, 6) is -0.222. The molecule has 0 aromatic carbocycles. The van der Waals surface area contributed by atoms with Gasteiger partial charge in [-0.1, -0.05) is 0 Å². The number of carbonyl (C=O) groups excluding carboxylic acids is 1. The molecule has 0 rings (SSSR count). The van der Waals surface area contributed by atoms with E-state index in [-0.39, 0.29) is 5.91 Å². The molecule has 0 aliphatic heterocycles. The zero-order valence-electron chi connectivity index (χ0n) is 7.49. The molecule has 0 atom stereocenters. The van der Waals surface area contributed by atoms with Crippen molar-refractivity contribution in [1.29, 1.82) is 0 Å². The second-order valence-electron chi connectivity index (χ2n) is 2.00. The van der Waals surface area contributed by atoms with Crippen molar-refractivity contribution >= 4 is 24.4 Å². The highest BCUT2D eigenvalue weighted by atomic mass is 32.5. The van der Waals surface area contributed by atoms with Crippen LogP contribution in [0.25, 0.3) is 0 Å². The van der Waals surface area contributed by atoms with Gasteiger partial charge in [-0.15, -0.1) is 0 Å². The third kappa shape index (κ3) is 4.83. The van der Waals surface area contributed by atoms with Gasteiger partial charge >= 0.3 is 0 Å². The van der Waals surface area contributed by atoms with Crippen molar-refractivity contribution in [3.05, 3.63) is 0 Å². The van der Waals surface area contributed by atoms with Crippen LogP contribution in [-0.4, -0.2) is 19.1 Å². The van der Waals surface area contributed by atoms with Crippen LogP contribution in [-0.2, 0) is 25.6 Å². The monoisotopic (exact) mass is 211 g/mol. The van der Waals surface area contributed by atoms with Gasteiger partial charge in [-0.25, -0.2) is 0 Å². The van der Waals surface area contributed by atoms with Gasteiger partial charge in [0.15, 0.2) is 0 Å². The molecule has 0 unspecified atom stereocenters. The van der Waals surface area contributed by atoms with Crippen molar-refractivity contribution < 1.29 is 13.8 Å². The second kappa shape index (κ2) is 5.65. The Morgan fingerprint density at radius 2 is 1.83 bits per heavy atom. The van der Waals surface area contributed by atoms with Crippen LogP contribution in [0.15, 0.2) is 0 Å². The summed E-state index contributed by atoms with van der Waals surface area (Å²) in [5.41, 5.74) is 0. The fourth-order valence-electron chi connectivity index (χ4n) is 0.635. The number of rotatable bonds is 5. The van der Waals surface area contributed by atoms with Gasteiger partial charge in [-0.3, -0.25) is 9.88 Å². The Morgan fingerprint density at radius 1 is 1.42 bits per heavy atom. The summed E-state index contributed by atoms with van der Waals surface area (Å²) in [7, 11) is 0. The molecule has 1 amide bonds. The smallest absolute Gasteiger partial charge is 0.289 e. The number of hydrogen-bond acceptors (Lipinski definition) is 4. The molecule has 0 radical (unpaired) electrons. The second-order valence-corrected chi connectivity index (χ2v) is 5.18. The summed E-state index contributed by atoms with van der Waals surface area (Å²) < 4.78 is 10.3. The molecule has 0 aromatic heterocycles. The van der Waals surface area contributed by atoms with Crippen LogP contribution in [0.3, 0.4) is 0 Å². The van der Waals surface area contributed by atoms with E-state index in [1.807, 2.05) is 13.8 Å². The standard InChI is InChI=1S/C6H14NO3PS/c1-4-9-11(12,10-5-2)7-6(3)8/h4-5H2,1-3H3,(H,7,8,12). The highest BCUT2D eigenvalue weighted by molar-refractivity contribution is 8.09. The molecule has 4 nitrogen and oxygen atoms in total. The van der Waals surface area contributed by atoms with Gasteiger partial charge in [0.1, 0.15) is 0 Å². The van der Waals surface area contributed by atoms with E-state index in [2.05, 4.69) is 5.09 Å². The Labute approximate surface area is 77.9 Å². The molecule has 6 heteroatoms. The molecule has 0 aliphatic rings. The number of nitrogens with one attached hydrogen (secondary N) is 1. The zero-order chi connectivity index (χ0) is 9.61. The molecular formula is C6H14NO3PS. The molecule has 0 aromatic rings. The van der Waals surface area contributed by atoms with Gasteiger partial charge in [-0.05, 0) is 25.7 Å². The summed E-state index contributed by atoms with van der Waals surface area (Å²) in [6.07, 6.45) is 0. The van der Waals surface area contributed by atoms with Crippen LogP contribution in [0.1, 0.15) is 20.8 Å². The molecule has 0 fully saturated rings.